The Labute approximate surface area is 172 Å². The Hall–Kier alpha value is -2.54. The minimum absolute atomic E-state index is 0.0570. The van der Waals surface area contributed by atoms with Gasteiger partial charge in [0, 0.05) is 18.2 Å². The van der Waals surface area contributed by atoms with E-state index in [0.717, 1.165) is 16.5 Å². The van der Waals surface area contributed by atoms with Crippen molar-refractivity contribution in [2.45, 2.75) is 25.0 Å². The van der Waals surface area contributed by atoms with Crippen LogP contribution in [0.5, 0.6) is 0 Å². The predicted octanol–water partition coefficient (Wildman–Crippen LogP) is 3.50. The molecular formula is C22H20ClFN2O3. The molecule has 1 aromatic heterocycles. The summed E-state index contributed by atoms with van der Waals surface area (Å²) in [4.78, 5) is 16.9. The zero-order valence-corrected chi connectivity index (χ0v) is 16.3. The number of aromatic nitrogens is 1. The van der Waals surface area contributed by atoms with Crippen LogP contribution in [0.25, 0.3) is 10.8 Å². The number of hydrogen-bond acceptors (Lipinski definition) is 4. The van der Waals surface area contributed by atoms with Crippen molar-refractivity contribution in [3.8, 4) is 0 Å². The van der Waals surface area contributed by atoms with E-state index >= 15 is 4.39 Å². The van der Waals surface area contributed by atoms with Gasteiger partial charge in [-0.25, -0.2) is 9.37 Å². The molecule has 2 heterocycles. The van der Waals surface area contributed by atoms with Crippen LogP contribution < -0.4 is 5.32 Å². The summed E-state index contributed by atoms with van der Waals surface area (Å²) in [6.45, 7) is 0.641. The lowest BCUT2D eigenvalue weighted by Crippen LogP contribution is -2.49. The molecule has 7 heteroatoms. The van der Waals surface area contributed by atoms with Crippen molar-refractivity contribution in [3.63, 3.8) is 0 Å². The van der Waals surface area contributed by atoms with Gasteiger partial charge in [-0.2, -0.15) is 0 Å². The molecule has 0 aliphatic carbocycles. The first-order chi connectivity index (χ1) is 14.0. The van der Waals surface area contributed by atoms with Gasteiger partial charge in [-0.3, -0.25) is 4.79 Å². The van der Waals surface area contributed by atoms with E-state index in [2.05, 4.69) is 10.3 Å². The largest absolute Gasteiger partial charge is 0.391 e. The van der Waals surface area contributed by atoms with Crippen LogP contribution in [0.4, 0.5) is 4.39 Å². The Morgan fingerprint density at radius 2 is 2.07 bits per heavy atom. The maximum atomic E-state index is 15.2. The van der Waals surface area contributed by atoms with Crippen LogP contribution in [0.3, 0.4) is 0 Å². The van der Waals surface area contributed by atoms with Gasteiger partial charge in [0.25, 0.3) is 5.91 Å². The normalized spacial score (nSPS) is 19.3. The summed E-state index contributed by atoms with van der Waals surface area (Å²) in [5.41, 5.74) is 1.64. The lowest BCUT2D eigenvalue weighted by Gasteiger charge is -2.28. The molecule has 0 spiro atoms. The second-order valence-electron chi connectivity index (χ2n) is 7.12. The Kier molecular flexibility index (Phi) is 5.76. The number of rotatable bonds is 4. The highest BCUT2D eigenvalue weighted by atomic mass is 35.5. The number of nitrogens with one attached hydrogen (secondary N) is 1. The highest BCUT2D eigenvalue weighted by molar-refractivity contribution is 6.29. The number of benzene rings is 2. The van der Waals surface area contributed by atoms with Crippen molar-refractivity contribution in [1.82, 2.24) is 10.3 Å². The van der Waals surface area contributed by atoms with Gasteiger partial charge in [-0.1, -0.05) is 41.9 Å². The van der Waals surface area contributed by atoms with Crippen molar-refractivity contribution in [1.29, 1.82) is 0 Å². The molecule has 1 aliphatic rings. The fourth-order valence-corrected chi connectivity index (χ4v) is 3.68. The monoisotopic (exact) mass is 414 g/mol. The van der Waals surface area contributed by atoms with E-state index in [1.165, 1.54) is 0 Å². The van der Waals surface area contributed by atoms with Crippen molar-refractivity contribution in [2.24, 2.45) is 0 Å². The van der Waals surface area contributed by atoms with Crippen molar-refractivity contribution < 1.29 is 19.0 Å². The topological polar surface area (TPSA) is 71.5 Å². The number of hydrogen-bond donors (Lipinski definition) is 2. The highest BCUT2D eigenvalue weighted by Crippen LogP contribution is 2.27. The molecule has 29 heavy (non-hydrogen) atoms. The third-order valence-electron chi connectivity index (χ3n) is 5.13. The maximum absolute atomic E-state index is 15.2. The van der Waals surface area contributed by atoms with Gasteiger partial charge >= 0.3 is 0 Å². The van der Waals surface area contributed by atoms with E-state index in [-0.39, 0.29) is 12.2 Å². The third-order valence-corrected chi connectivity index (χ3v) is 5.35. The van der Waals surface area contributed by atoms with Crippen LogP contribution in [0.2, 0.25) is 5.15 Å². The van der Waals surface area contributed by atoms with Crippen molar-refractivity contribution in [3.05, 3.63) is 76.3 Å². The molecule has 5 nitrogen and oxygen atoms in total. The second-order valence-corrected chi connectivity index (χ2v) is 7.51. The standard InChI is InChI=1S/C22H20ClFN2O3/c23-20-6-5-13(11-25-20)9-14-10-17(21(24)16-4-2-1-3-15(14)16)22(28)26-18-12-29-8-7-19(18)27/h1-6,10-11,18-19,27H,7-9,12H2,(H,26,28)/t18-,19-/m0/s1. The van der Waals surface area contributed by atoms with Crippen LogP contribution in [-0.2, 0) is 11.2 Å². The van der Waals surface area contributed by atoms with Gasteiger partial charge < -0.3 is 15.2 Å². The van der Waals surface area contributed by atoms with Gasteiger partial charge in [-0.05, 0) is 41.5 Å². The number of nitrogens with zero attached hydrogens (tertiary/aromatic N) is 1. The van der Waals surface area contributed by atoms with Gasteiger partial charge in [0.05, 0.1) is 24.3 Å². The van der Waals surface area contributed by atoms with E-state index in [4.69, 9.17) is 16.3 Å². The number of fused-ring (bicyclic) bond motifs is 1. The Morgan fingerprint density at radius 3 is 2.79 bits per heavy atom. The average molecular weight is 415 g/mol. The Morgan fingerprint density at radius 1 is 1.28 bits per heavy atom. The zero-order valence-electron chi connectivity index (χ0n) is 15.6. The number of aliphatic hydroxyl groups is 1. The summed E-state index contributed by atoms with van der Waals surface area (Å²) < 4.78 is 20.5. The molecule has 4 rings (SSSR count). The number of carbonyl (C=O) groups excluding carboxylic acids is 1. The van der Waals surface area contributed by atoms with Gasteiger partial charge in [-0.15, -0.1) is 0 Å². The molecule has 2 N–H and O–H groups in total. The Balaban J connectivity index is 1.71. The minimum Gasteiger partial charge on any atom is -0.391 e. The number of amides is 1. The van der Waals surface area contributed by atoms with E-state index in [0.29, 0.717) is 30.0 Å². The molecule has 1 fully saturated rings. The first-order valence-electron chi connectivity index (χ1n) is 9.40. The van der Waals surface area contributed by atoms with Crippen molar-refractivity contribution in [2.75, 3.05) is 13.2 Å². The number of ether oxygens (including phenoxy) is 1. The molecule has 0 saturated carbocycles. The molecule has 1 amide bonds. The maximum Gasteiger partial charge on any atom is 0.254 e. The average Bonchev–Trinajstić information content (AvgIpc) is 2.73. The molecule has 2 atom stereocenters. The summed E-state index contributed by atoms with van der Waals surface area (Å²) in [6.07, 6.45) is 1.85. The quantitative estimate of drug-likeness (QED) is 0.641. The van der Waals surface area contributed by atoms with Crippen LogP contribution in [0, 0.1) is 5.82 Å². The summed E-state index contributed by atoms with van der Waals surface area (Å²) in [6, 6.07) is 11.6. The molecule has 1 aliphatic heterocycles. The van der Waals surface area contributed by atoms with Gasteiger partial charge in [0.15, 0.2) is 0 Å². The zero-order chi connectivity index (χ0) is 20.4. The Bertz CT molecular complexity index is 1040. The van der Waals surface area contributed by atoms with Gasteiger partial charge in [0.1, 0.15) is 11.0 Å². The summed E-state index contributed by atoms with van der Waals surface area (Å²) in [5.74, 6) is -1.15. The fourth-order valence-electron chi connectivity index (χ4n) is 3.57. The number of pyridine rings is 1. The smallest absolute Gasteiger partial charge is 0.254 e. The van der Waals surface area contributed by atoms with Crippen LogP contribution >= 0.6 is 11.6 Å². The minimum atomic E-state index is -0.712. The summed E-state index contributed by atoms with van der Waals surface area (Å²) in [5, 5.41) is 14.3. The molecular weight excluding hydrogens is 395 g/mol. The van der Waals surface area contributed by atoms with Gasteiger partial charge in [0.2, 0.25) is 0 Å². The van der Waals surface area contributed by atoms with E-state index < -0.39 is 23.9 Å². The van der Waals surface area contributed by atoms with Crippen LogP contribution in [-0.4, -0.2) is 41.4 Å². The predicted molar refractivity (Wildman–Crippen MR) is 109 cm³/mol. The number of aliphatic hydroxyl groups excluding tert-OH is 1. The van der Waals surface area contributed by atoms with Crippen molar-refractivity contribution >= 4 is 28.3 Å². The first-order valence-corrected chi connectivity index (χ1v) is 9.78. The van der Waals surface area contributed by atoms with Crippen LogP contribution in [0.15, 0.2) is 48.7 Å². The fraction of sp³-hybridized carbons (Fsp3) is 0.273. The third kappa shape index (κ3) is 4.24. The lowest BCUT2D eigenvalue weighted by molar-refractivity contribution is -0.0140. The van der Waals surface area contributed by atoms with E-state index in [1.807, 2.05) is 18.2 Å². The molecule has 150 valence electrons. The lowest BCUT2D eigenvalue weighted by atomic mass is 9.95. The SMILES string of the molecule is O=C(N[C@H]1COCC[C@@H]1O)c1cc(Cc2ccc(Cl)nc2)c2ccccc2c1F. The van der Waals surface area contributed by atoms with Crippen LogP contribution in [0.1, 0.15) is 27.9 Å². The summed E-state index contributed by atoms with van der Waals surface area (Å²) in [7, 11) is 0. The molecule has 0 unspecified atom stereocenters. The molecule has 0 bridgehead atoms. The molecule has 3 aromatic rings. The highest BCUT2D eigenvalue weighted by Gasteiger charge is 2.27. The summed E-state index contributed by atoms with van der Waals surface area (Å²) >= 11 is 5.86. The molecule has 2 aromatic carbocycles. The number of halogens is 2. The van der Waals surface area contributed by atoms with E-state index in [1.54, 1.807) is 30.5 Å². The molecule has 0 radical (unpaired) electrons. The first kappa shape index (κ1) is 19.8. The number of carbonyl (C=O) groups is 1. The molecule has 1 saturated heterocycles. The second kappa shape index (κ2) is 8.45. The van der Waals surface area contributed by atoms with E-state index in [9.17, 15) is 9.90 Å².